The van der Waals surface area contributed by atoms with Gasteiger partial charge in [0.2, 0.25) is 0 Å². The van der Waals surface area contributed by atoms with Gasteiger partial charge in [0, 0.05) is 11.6 Å². The number of rotatable bonds is 0. The second-order valence-electron chi connectivity index (χ2n) is 2.81. The molecule has 1 aromatic heterocycles. The molecule has 0 radical (unpaired) electrons. The minimum atomic E-state index is 0.108. The molecule has 4 nitrogen and oxygen atoms in total. The summed E-state index contributed by atoms with van der Waals surface area (Å²) < 4.78 is 0. The lowest BCUT2D eigenvalue weighted by Crippen LogP contribution is -1.83. The molecule has 64 valence electrons. The molecule has 1 aromatic carbocycles. The molecule has 0 atom stereocenters. The van der Waals surface area contributed by atoms with Gasteiger partial charge in [-0.3, -0.25) is 0 Å². The van der Waals surface area contributed by atoms with Crippen molar-refractivity contribution in [3.8, 4) is 11.8 Å². The predicted octanol–water partition coefficient (Wildman–Crippen LogP) is 1.45. The maximum atomic E-state index is 9.44. The monoisotopic (exact) mass is 173 g/mol. The number of nitriles is 1. The summed E-state index contributed by atoms with van der Waals surface area (Å²) in [4.78, 5) is 6.88. The largest absolute Gasteiger partial charge is 0.508 e. The van der Waals surface area contributed by atoms with Crippen molar-refractivity contribution >= 4 is 11.0 Å². The van der Waals surface area contributed by atoms with Gasteiger partial charge < -0.3 is 10.1 Å². The third kappa shape index (κ3) is 0.942. The number of fused-ring (bicyclic) bond motifs is 1. The van der Waals surface area contributed by atoms with Crippen molar-refractivity contribution in [1.29, 1.82) is 5.26 Å². The number of aromatic hydroxyl groups is 1. The summed E-state index contributed by atoms with van der Waals surface area (Å²) in [5.74, 6) is 0.108. The van der Waals surface area contributed by atoms with Crippen molar-refractivity contribution in [2.45, 2.75) is 6.92 Å². The maximum absolute atomic E-state index is 9.44. The average Bonchev–Trinajstić information content (AvgIpc) is 2.60. The molecule has 13 heavy (non-hydrogen) atoms. The summed E-state index contributed by atoms with van der Waals surface area (Å²) in [7, 11) is 0. The van der Waals surface area contributed by atoms with Crippen molar-refractivity contribution in [2.75, 3.05) is 0 Å². The van der Waals surface area contributed by atoms with Gasteiger partial charge in [-0.1, -0.05) is 0 Å². The lowest BCUT2D eigenvalue weighted by atomic mass is 10.1. The Morgan fingerprint density at radius 3 is 3.08 bits per heavy atom. The first kappa shape index (κ1) is 7.62. The molecule has 1 heterocycles. The fourth-order valence-electron chi connectivity index (χ4n) is 1.31. The topological polar surface area (TPSA) is 72.7 Å². The molecule has 2 rings (SSSR count). The highest BCUT2D eigenvalue weighted by atomic mass is 16.3. The molecule has 0 aliphatic carbocycles. The standard InChI is InChI=1S/C9H7N3O/c1-5-7(13)2-6(3-10)9-8(5)11-4-12-9/h2,4,13H,1H3,(H,11,12). The zero-order valence-corrected chi connectivity index (χ0v) is 7.00. The Kier molecular flexibility index (Phi) is 1.46. The first-order valence-corrected chi connectivity index (χ1v) is 3.80. The quantitative estimate of drug-likeness (QED) is 0.633. The fraction of sp³-hybridized carbons (Fsp3) is 0.111. The molecule has 0 spiro atoms. The van der Waals surface area contributed by atoms with Crippen LogP contribution < -0.4 is 0 Å². The van der Waals surface area contributed by atoms with Crippen molar-refractivity contribution in [2.24, 2.45) is 0 Å². The number of nitrogens with zero attached hydrogens (tertiary/aromatic N) is 2. The summed E-state index contributed by atoms with van der Waals surface area (Å²) in [5.41, 5.74) is 2.43. The SMILES string of the molecule is Cc1c(O)cc(C#N)c2[nH]cnc12. The van der Waals surface area contributed by atoms with E-state index in [1.807, 2.05) is 6.07 Å². The van der Waals surface area contributed by atoms with E-state index in [1.165, 1.54) is 12.4 Å². The average molecular weight is 173 g/mol. The highest BCUT2D eigenvalue weighted by Gasteiger charge is 2.09. The summed E-state index contributed by atoms with van der Waals surface area (Å²) in [5, 5.41) is 18.2. The maximum Gasteiger partial charge on any atom is 0.122 e. The summed E-state index contributed by atoms with van der Waals surface area (Å²) in [6, 6.07) is 3.43. The number of hydrogen-bond donors (Lipinski definition) is 2. The van der Waals surface area contributed by atoms with Gasteiger partial charge in [0.15, 0.2) is 0 Å². The number of phenols is 1. The Bertz CT molecular complexity index is 507. The Hall–Kier alpha value is -2.02. The van der Waals surface area contributed by atoms with Crippen LogP contribution in [0.3, 0.4) is 0 Å². The molecule has 0 aliphatic heterocycles. The predicted molar refractivity (Wildman–Crippen MR) is 47.2 cm³/mol. The van der Waals surface area contributed by atoms with Gasteiger partial charge in [-0.2, -0.15) is 5.26 Å². The van der Waals surface area contributed by atoms with Crippen molar-refractivity contribution in [3.63, 3.8) is 0 Å². The van der Waals surface area contributed by atoms with Crippen LogP contribution in [-0.2, 0) is 0 Å². The van der Waals surface area contributed by atoms with Crippen LogP contribution in [-0.4, -0.2) is 15.1 Å². The van der Waals surface area contributed by atoms with Crippen LogP contribution in [0.1, 0.15) is 11.1 Å². The van der Waals surface area contributed by atoms with Gasteiger partial charge >= 0.3 is 0 Å². The number of aromatic nitrogens is 2. The van der Waals surface area contributed by atoms with Gasteiger partial charge in [0.05, 0.1) is 22.9 Å². The highest BCUT2D eigenvalue weighted by Crippen LogP contribution is 2.26. The Labute approximate surface area is 74.5 Å². The molecule has 2 aromatic rings. The molecule has 0 aliphatic rings. The third-order valence-corrected chi connectivity index (χ3v) is 2.05. The minimum absolute atomic E-state index is 0.108. The number of aromatic amines is 1. The van der Waals surface area contributed by atoms with Crippen molar-refractivity contribution in [1.82, 2.24) is 9.97 Å². The molecule has 0 bridgehead atoms. The Balaban J connectivity index is 2.97. The van der Waals surface area contributed by atoms with Crippen LogP contribution in [0.25, 0.3) is 11.0 Å². The Morgan fingerprint density at radius 1 is 1.62 bits per heavy atom. The van der Waals surface area contributed by atoms with E-state index in [4.69, 9.17) is 5.26 Å². The number of imidazole rings is 1. The van der Waals surface area contributed by atoms with Crippen LogP contribution in [0.15, 0.2) is 12.4 Å². The molecule has 0 amide bonds. The van der Waals surface area contributed by atoms with E-state index in [0.29, 0.717) is 22.2 Å². The molecule has 0 saturated heterocycles. The number of phenolic OH excluding ortho intramolecular Hbond substituents is 1. The van der Waals surface area contributed by atoms with Gasteiger partial charge in [0.25, 0.3) is 0 Å². The van der Waals surface area contributed by atoms with Crippen LogP contribution in [0, 0.1) is 18.3 Å². The smallest absolute Gasteiger partial charge is 0.122 e. The molecule has 0 fully saturated rings. The lowest BCUT2D eigenvalue weighted by molar-refractivity contribution is 0.472. The van der Waals surface area contributed by atoms with E-state index in [2.05, 4.69) is 9.97 Å². The number of aryl methyl sites for hydroxylation is 1. The molecular weight excluding hydrogens is 166 g/mol. The number of benzene rings is 1. The van der Waals surface area contributed by atoms with Crippen LogP contribution in [0.2, 0.25) is 0 Å². The lowest BCUT2D eigenvalue weighted by Gasteiger charge is -2.00. The van der Waals surface area contributed by atoms with Crippen LogP contribution in [0.4, 0.5) is 0 Å². The van der Waals surface area contributed by atoms with Crippen molar-refractivity contribution < 1.29 is 5.11 Å². The van der Waals surface area contributed by atoms with E-state index in [1.54, 1.807) is 6.92 Å². The van der Waals surface area contributed by atoms with E-state index >= 15 is 0 Å². The van der Waals surface area contributed by atoms with E-state index in [9.17, 15) is 5.11 Å². The first-order chi connectivity index (χ1) is 6.24. The van der Waals surface area contributed by atoms with E-state index in [0.717, 1.165) is 0 Å². The fourth-order valence-corrected chi connectivity index (χ4v) is 1.31. The van der Waals surface area contributed by atoms with Gasteiger partial charge in [-0.05, 0) is 6.92 Å². The van der Waals surface area contributed by atoms with Gasteiger partial charge in [-0.15, -0.1) is 0 Å². The first-order valence-electron chi connectivity index (χ1n) is 3.80. The van der Waals surface area contributed by atoms with Gasteiger partial charge in [0.1, 0.15) is 11.8 Å². The van der Waals surface area contributed by atoms with Crippen LogP contribution in [0.5, 0.6) is 5.75 Å². The van der Waals surface area contributed by atoms with Gasteiger partial charge in [-0.25, -0.2) is 4.98 Å². The Morgan fingerprint density at radius 2 is 2.38 bits per heavy atom. The number of nitrogens with one attached hydrogen (secondary N) is 1. The molecule has 4 heteroatoms. The molecular formula is C9H7N3O. The zero-order valence-electron chi connectivity index (χ0n) is 7.00. The summed E-state index contributed by atoms with van der Waals surface area (Å²) >= 11 is 0. The number of H-pyrrole nitrogens is 1. The highest BCUT2D eigenvalue weighted by molar-refractivity contribution is 5.85. The minimum Gasteiger partial charge on any atom is -0.508 e. The zero-order chi connectivity index (χ0) is 9.42. The third-order valence-electron chi connectivity index (χ3n) is 2.05. The normalized spacial score (nSPS) is 10.2. The summed E-state index contributed by atoms with van der Waals surface area (Å²) in [6.45, 7) is 1.76. The van der Waals surface area contributed by atoms with E-state index < -0.39 is 0 Å². The van der Waals surface area contributed by atoms with Crippen LogP contribution >= 0.6 is 0 Å². The van der Waals surface area contributed by atoms with E-state index in [-0.39, 0.29) is 5.75 Å². The second-order valence-corrected chi connectivity index (χ2v) is 2.81. The summed E-state index contributed by atoms with van der Waals surface area (Å²) in [6.07, 6.45) is 1.51. The van der Waals surface area contributed by atoms with Crippen molar-refractivity contribution in [3.05, 3.63) is 23.5 Å². The molecule has 2 N–H and O–H groups in total. The molecule has 0 saturated carbocycles. The number of hydrogen-bond acceptors (Lipinski definition) is 3. The molecule has 0 unspecified atom stereocenters. The second kappa shape index (κ2) is 2.49.